The van der Waals surface area contributed by atoms with E-state index in [9.17, 15) is 4.39 Å². The molecule has 2 rings (SSSR count). The van der Waals surface area contributed by atoms with Gasteiger partial charge in [-0.15, -0.1) is 0 Å². The molecule has 0 bridgehead atoms. The molecule has 2 aromatic rings. The summed E-state index contributed by atoms with van der Waals surface area (Å²) < 4.78 is 19.1. The fourth-order valence-corrected chi connectivity index (χ4v) is 1.94. The van der Waals surface area contributed by atoms with Crippen molar-refractivity contribution < 1.29 is 9.13 Å². The van der Waals surface area contributed by atoms with Gasteiger partial charge < -0.3 is 10.5 Å². The number of halogens is 2. The maximum absolute atomic E-state index is 12.9. The highest BCUT2D eigenvalue weighted by molar-refractivity contribution is 9.10. The third-order valence-corrected chi connectivity index (χ3v) is 3.12. The van der Waals surface area contributed by atoms with Crippen molar-refractivity contribution in [2.45, 2.75) is 0 Å². The Morgan fingerprint density at radius 3 is 2.39 bits per heavy atom. The van der Waals surface area contributed by atoms with E-state index < -0.39 is 0 Å². The Bertz CT molecular complexity index is 586. The van der Waals surface area contributed by atoms with Crippen molar-refractivity contribution in [3.05, 3.63) is 58.3 Å². The fraction of sp³-hybridized carbons (Fsp3) is 0. The Hall–Kier alpha value is -1.46. The van der Waals surface area contributed by atoms with Crippen LogP contribution in [0.15, 0.2) is 46.9 Å². The van der Waals surface area contributed by atoms with E-state index in [1.165, 1.54) is 12.1 Å². The molecule has 92 valence electrons. The van der Waals surface area contributed by atoms with E-state index in [0.717, 1.165) is 5.56 Å². The normalized spacial score (nSPS) is 10.1. The predicted molar refractivity (Wildman–Crippen MR) is 76.5 cm³/mol. The molecule has 0 fully saturated rings. The number of thiocarbonyl (C=S) groups is 1. The van der Waals surface area contributed by atoms with Crippen molar-refractivity contribution in [2.75, 3.05) is 0 Å². The molecule has 0 atom stereocenters. The molecule has 2 N–H and O–H groups in total. The minimum absolute atomic E-state index is 0.321. The highest BCUT2D eigenvalue weighted by Gasteiger charge is 2.04. The van der Waals surface area contributed by atoms with Crippen LogP contribution < -0.4 is 10.5 Å². The maximum Gasteiger partial charge on any atom is 0.141 e. The molecule has 0 aliphatic carbocycles. The summed E-state index contributed by atoms with van der Waals surface area (Å²) in [5.41, 5.74) is 6.27. The smallest absolute Gasteiger partial charge is 0.141 e. The minimum atomic E-state index is -0.321. The monoisotopic (exact) mass is 325 g/mol. The van der Waals surface area contributed by atoms with Crippen LogP contribution in [0.1, 0.15) is 5.56 Å². The first-order chi connectivity index (χ1) is 8.56. The van der Waals surface area contributed by atoms with Crippen LogP contribution in [0, 0.1) is 5.82 Å². The van der Waals surface area contributed by atoms with Crippen LogP contribution in [0.5, 0.6) is 11.5 Å². The maximum atomic E-state index is 12.9. The lowest BCUT2D eigenvalue weighted by Crippen LogP contribution is -2.08. The molecular formula is C13H9BrFNOS. The molecule has 2 nitrogen and oxygen atoms in total. The molecule has 0 unspecified atom stereocenters. The number of hydrogen-bond acceptors (Lipinski definition) is 2. The lowest BCUT2D eigenvalue weighted by Gasteiger charge is -2.08. The molecule has 0 amide bonds. The van der Waals surface area contributed by atoms with Gasteiger partial charge in [0, 0.05) is 5.56 Å². The molecule has 0 aromatic heterocycles. The molecule has 0 saturated carbocycles. The van der Waals surface area contributed by atoms with Crippen molar-refractivity contribution in [3.8, 4) is 11.5 Å². The zero-order valence-electron chi connectivity index (χ0n) is 9.19. The average Bonchev–Trinajstić information content (AvgIpc) is 2.33. The molecular weight excluding hydrogens is 317 g/mol. The van der Waals surface area contributed by atoms with Gasteiger partial charge in [-0.05, 0) is 58.4 Å². The lowest BCUT2D eigenvalue weighted by atomic mass is 10.2. The quantitative estimate of drug-likeness (QED) is 0.866. The molecule has 5 heteroatoms. The summed E-state index contributed by atoms with van der Waals surface area (Å²) in [4.78, 5) is 0.338. The Labute approximate surface area is 118 Å². The second-order valence-electron chi connectivity index (χ2n) is 3.57. The zero-order valence-corrected chi connectivity index (χ0v) is 11.6. The van der Waals surface area contributed by atoms with Crippen molar-refractivity contribution in [3.63, 3.8) is 0 Å². The molecule has 0 spiro atoms. The van der Waals surface area contributed by atoms with Crippen molar-refractivity contribution in [1.29, 1.82) is 0 Å². The van der Waals surface area contributed by atoms with Gasteiger partial charge in [0.1, 0.15) is 22.3 Å². The molecule has 18 heavy (non-hydrogen) atoms. The topological polar surface area (TPSA) is 35.2 Å². The second-order valence-corrected chi connectivity index (χ2v) is 4.86. The van der Waals surface area contributed by atoms with E-state index in [2.05, 4.69) is 15.9 Å². The number of rotatable bonds is 3. The molecule has 0 radical (unpaired) electrons. The summed E-state index contributed by atoms with van der Waals surface area (Å²) in [5.74, 6) is 0.847. The highest BCUT2D eigenvalue weighted by atomic mass is 79.9. The third-order valence-electron chi connectivity index (χ3n) is 2.26. The van der Waals surface area contributed by atoms with Crippen LogP contribution in [0.2, 0.25) is 0 Å². The Balaban J connectivity index is 2.21. The Morgan fingerprint density at radius 1 is 1.17 bits per heavy atom. The van der Waals surface area contributed by atoms with Gasteiger partial charge in [0.05, 0.1) is 4.47 Å². The number of hydrogen-bond donors (Lipinski definition) is 1. The predicted octanol–water partition coefficient (Wildman–Crippen LogP) is 4.01. The van der Waals surface area contributed by atoms with E-state index in [-0.39, 0.29) is 5.82 Å². The van der Waals surface area contributed by atoms with Crippen LogP contribution in [0.4, 0.5) is 4.39 Å². The van der Waals surface area contributed by atoms with E-state index in [0.29, 0.717) is 21.0 Å². The first kappa shape index (κ1) is 13.0. The lowest BCUT2D eigenvalue weighted by molar-refractivity contribution is 0.477. The van der Waals surface area contributed by atoms with Gasteiger partial charge in [0.15, 0.2) is 0 Å². The average molecular weight is 326 g/mol. The molecule has 0 saturated heterocycles. The first-order valence-electron chi connectivity index (χ1n) is 5.09. The van der Waals surface area contributed by atoms with Crippen LogP contribution in [-0.2, 0) is 0 Å². The van der Waals surface area contributed by atoms with Gasteiger partial charge in [0.25, 0.3) is 0 Å². The second kappa shape index (κ2) is 5.46. The van der Waals surface area contributed by atoms with Crippen LogP contribution in [-0.4, -0.2) is 4.99 Å². The van der Waals surface area contributed by atoms with E-state index in [1.807, 2.05) is 0 Å². The number of nitrogens with two attached hydrogens (primary N) is 1. The summed E-state index contributed by atoms with van der Waals surface area (Å²) in [5, 5.41) is 0. The summed E-state index contributed by atoms with van der Waals surface area (Å²) in [6, 6.07) is 11.3. The van der Waals surface area contributed by atoms with Gasteiger partial charge >= 0.3 is 0 Å². The zero-order chi connectivity index (χ0) is 13.1. The summed E-state index contributed by atoms with van der Waals surface area (Å²) in [7, 11) is 0. The summed E-state index contributed by atoms with van der Waals surface area (Å²) >= 11 is 8.09. The van der Waals surface area contributed by atoms with Gasteiger partial charge in [-0.3, -0.25) is 0 Å². The largest absolute Gasteiger partial charge is 0.456 e. The summed E-state index contributed by atoms with van der Waals surface area (Å²) in [6.07, 6.45) is 0. The fourth-order valence-electron chi connectivity index (χ4n) is 1.37. The molecule has 0 heterocycles. The first-order valence-corrected chi connectivity index (χ1v) is 6.29. The van der Waals surface area contributed by atoms with Gasteiger partial charge in [-0.25, -0.2) is 4.39 Å². The standard InChI is InChI=1S/C13H9BrFNOS/c14-11-7-9(15)3-6-12(11)17-10-4-1-8(2-5-10)13(16)18/h1-7H,(H2,16,18). The highest BCUT2D eigenvalue weighted by Crippen LogP contribution is 2.30. The van der Waals surface area contributed by atoms with Gasteiger partial charge in [-0.1, -0.05) is 12.2 Å². The third kappa shape index (κ3) is 3.05. The van der Waals surface area contributed by atoms with Crippen LogP contribution in [0.3, 0.4) is 0 Å². The van der Waals surface area contributed by atoms with E-state index in [1.54, 1.807) is 30.3 Å². The SMILES string of the molecule is NC(=S)c1ccc(Oc2ccc(F)cc2Br)cc1. The van der Waals surface area contributed by atoms with Crippen molar-refractivity contribution in [1.82, 2.24) is 0 Å². The van der Waals surface area contributed by atoms with E-state index in [4.69, 9.17) is 22.7 Å². The minimum Gasteiger partial charge on any atom is -0.456 e. The van der Waals surface area contributed by atoms with Crippen molar-refractivity contribution >= 4 is 33.1 Å². The van der Waals surface area contributed by atoms with Gasteiger partial charge in [0.2, 0.25) is 0 Å². The van der Waals surface area contributed by atoms with Gasteiger partial charge in [-0.2, -0.15) is 0 Å². The van der Waals surface area contributed by atoms with Crippen molar-refractivity contribution in [2.24, 2.45) is 5.73 Å². The number of ether oxygens (including phenoxy) is 1. The number of benzene rings is 2. The Morgan fingerprint density at radius 2 is 1.83 bits per heavy atom. The van der Waals surface area contributed by atoms with Crippen LogP contribution in [0.25, 0.3) is 0 Å². The van der Waals surface area contributed by atoms with Crippen LogP contribution >= 0.6 is 28.1 Å². The van der Waals surface area contributed by atoms with E-state index >= 15 is 0 Å². The summed E-state index contributed by atoms with van der Waals surface area (Å²) in [6.45, 7) is 0. The molecule has 0 aliphatic heterocycles. The molecule has 2 aromatic carbocycles. The molecule has 0 aliphatic rings. The Kier molecular flexibility index (Phi) is 3.93.